The molecule has 2 saturated heterocycles. The summed E-state index contributed by atoms with van der Waals surface area (Å²) in [6.07, 6.45) is 0. The van der Waals surface area contributed by atoms with E-state index in [1.807, 2.05) is 0 Å². The molecule has 0 N–H and O–H groups in total. The highest BCUT2D eigenvalue weighted by Crippen LogP contribution is 2.46. The Morgan fingerprint density at radius 3 is 1.93 bits per heavy atom. The molecule has 2 fully saturated rings. The zero-order chi connectivity index (χ0) is 10.3. The van der Waals surface area contributed by atoms with Gasteiger partial charge < -0.3 is 9.64 Å². The molecule has 0 aromatic carbocycles. The van der Waals surface area contributed by atoms with Crippen LogP contribution in [0.15, 0.2) is 0 Å². The highest BCUT2D eigenvalue weighted by atomic mass is 16.5. The van der Waals surface area contributed by atoms with Crippen molar-refractivity contribution >= 4 is 0 Å². The Morgan fingerprint density at radius 1 is 1.14 bits per heavy atom. The molecule has 14 heavy (non-hydrogen) atoms. The van der Waals surface area contributed by atoms with E-state index in [1.54, 1.807) is 0 Å². The second-order valence-electron chi connectivity index (χ2n) is 5.58. The molecule has 0 aromatic heterocycles. The fourth-order valence-electron chi connectivity index (χ4n) is 2.96. The molecule has 0 radical (unpaired) electrons. The lowest BCUT2D eigenvalue weighted by atomic mass is 9.63. The molecule has 2 aliphatic heterocycles. The Kier molecular flexibility index (Phi) is 2.61. The molecule has 0 amide bonds. The summed E-state index contributed by atoms with van der Waals surface area (Å²) in [5.74, 6) is 1.59. The third kappa shape index (κ3) is 1.40. The number of likely N-dealkylation sites (tertiary alicyclic amines) is 1. The SMILES string of the molecule is CC(C)N1C[C@@H](C)C2(COC2)[C@@H](C)C1. The van der Waals surface area contributed by atoms with Crippen LogP contribution in [0.1, 0.15) is 27.7 Å². The molecule has 2 heteroatoms. The number of hydrogen-bond donors (Lipinski definition) is 0. The van der Waals surface area contributed by atoms with Gasteiger partial charge in [0.1, 0.15) is 0 Å². The van der Waals surface area contributed by atoms with Crippen molar-refractivity contribution in [2.45, 2.75) is 33.7 Å². The highest BCUT2D eigenvalue weighted by molar-refractivity contribution is 4.99. The largest absolute Gasteiger partial charge is 0.380 e. The van der Waals surface area contributed by atoms with Crippen molar-refractivity contribution in [2.75, 3.05) is 26.3 Å². The normalized spacial score (nSPS) is 37.5. The van der Waals surface area contributed by atoms with Crippen LogP contribution in [0.3, 0.4) is 0 Å². The molecule has 2 atom stereocenters. The first kappa shape index (κ1) is 10.4. The monoisotopic (exact) mass is 197 g/mol. The van der Waals surface area contributed by atoms with Crippen LogP contribution in [-0.4, -0.2) is 37.2 Å². The standard InChI is InChI=1S/C12H23NO/c1-9(2)13-5-10(3)12(7-14-8-12)11(4)6-13/h9-11H,5-8H2,1-4H3/t10-,11+. The van der Waals surface area contributed by atoms with Crippen molar-refractivity contribution in [1.82, 2.24) is 4.90 Å². The Bertz CT molecular complexity index is 196. The first-order valence-corrected chi connectivity index (χ1v) is 5.88. The van der Waals surface area contributed by atoms with Crippen LogP contribution in [0.25, 0.3) is 0 Å². The summed E-state index contributed by atoms with van der Waals surface area (Å²) in [6, 6.07) is 0.693. The van der Waals surface area contributed by atoms with Crippen LogP contribution in [-0.2, 0) is 4.74 Å². The number of rotatable bonds is 1. The summed E-state index contributed by atoms with van der Waals surface area (Å²) < 4.78 is 5.43. The molecular formula is C12H23NO. The van der Waals surface area contributed by atoms with E-state index < -0.39 is 0 Å². The first-order chi connectivity index (χ1) is 6.56. The average molecular weight is 197 g/mol. The summed E-state index contributed by atoms with van der Waals surface area (Å²) in [4.78, 5) is 2.61. The van der Waals surface area contributed by atoms with E-state index in [9.17, 15) is 0 Å². The van der Waals surface area contributed by atoms with Crippen molar-refractivity contribution in [2.24, 2.45) is 17.3 Å². The molecule has 1 spiro atoms. The van der Waals surface area contributed by atoms with Crippen molar-refractivity contribution < 1.29 is 4.74 Å². The molecule has 0 aromatic rings. The molecule has 2 heterocycles. The lowest BCUT2D eigenvalue weighted by molar-refractivity contribution is -0.198. The van der Waals surface area contributed by atoms with Gasteiger partial charge in [0.2, 0.25) is 0 Å². The van der Waals surface area contributed by atoms with E-state index in [1.165, 1.54) is 13.1 Å². The van der Waals surface area contributed by atoms with Crippen LogP contribution in [0.2, 0.25) is 0 Å². The molecule has 0 bridgehead atoms. The maximum absolute atomic E-state index is 5.43. The molecule has 2 rings (SSSR count). The summed E-state index contributed by atoms with van der Waals surface area (Å²) in [5, 5.41) is 0. The van der Waals surface area contributed by atoms with Gasteiger partial charge >= 0.3 is 0 Å². The minimum Gasteiger partial charge on any atom is -0.380 e. The molecule has 2 nitrogen and oxygen atoms in total. The van der Waals surface area contributed by atoms with Gasteiger partial charge in [-0.15, -0.1) is 0 Å². The quantitative estimate of drug-likeness (QED) is 0.637. The molecular weight excluding hydrogens is 174 g/mol. The van der Waals surface area contributed by atoms with Crippen molar-refractivity contribution in [1.29, 1.82) is 0 Å². The summed E-state index contributed by atoms with van der Waals surface area (Å²) in [7, 11) is 0. The van der Waals surface area contributed by atoms with Crippen LogP contribution in [0.5, 0.6) is 0 Å². The number of piperidine rings is 1. The van der Waals surface area contributed by atoms with Crippen molar-refractivity contribution in [3.8, 4) is 0 Å². The second kappa shape index (κ2) is 3.49. The Labute approximate surface area is 87.6 Å². The second-order valence-corrected chi connectivity index (χ2v) is 5.58. The highest BCUT2D eigenvalue weighted by Gasteiger charge is 2.51. The van der Waals surface area contributed by atoms with Crippen molar-refractivity contribution in [3.63, 3.8) is 0 Å². The van der Waals surface area contributed by atoms with Gasteiger partial charge in [-0.2, -0.15) is 0 Å². The van der Waals surface area contributed by atoms with E-state index in [-0.39, 0.29) is 0 Å². The lowest BCUT2D eigenvalue weighted by Gasteiger charge is -2.56. The number of hydrogen-bond acceptors (Lipinski definition) is 2. The van der Waals surface area contributed by atoms with Crippen LogP contribution < -0.4 is 0 Å². The van der Waals surface area contributed by atoms with E-state index >= 15 is 0 Å². The summed E-state index contributed by atoms with van der Waals surface area (Å²) in [5.41, 5.74) is 0.519. The third-order valence-electron chi connectivity index (χ3n) is 4.45. The maximum Gasteiger partial charge on any atom is 0.0550 e. The minimum absolute atomic E-state index is 0.519. The lowest BCUT2D eigenvalue weighted by Crippen LogP contribution is -2.61. The molecule has 0 unspecified atom stereocenters. The van der Waals surface area contributed by atoms with Gasteiger partial charge in [0.15, 0.2) is 0 Å². The Balaban J connectivity index is 2.06. The molecule has 82 valence electrons. The molecule has 2 aliphatic rings. The average Bonchev–Trinajstić information content (AvgIpc) is 1.99. The Hall–Kier alpha value is -0.0800. The van der Waals surface area contributed by atoms with Crippen LogP contribution in [0, 0.1) is 17.3 Å². The number of nitrogens with zero attached hydrogens (tertiary/aromatic N) is 1. The fourth-order valence-corrected chi connectivity index (χ4v) is 2.96. The Morgan fingerprint density at radius 2 is 1.64 bits per heavy atom. The predicted molar refractivity (Wildman–Crippen MR) is 58.3 cm³/mol. The third-order valence-corrected chi connectivity index (χ3v) is 4.45. The summed E-state index contributed by atoms with van der Waals surface area (Å²) >= 11 is 0. The van der Waals surface area contributed by atoms with Crippen LogP contribution >= 0.6 is 0 Å². The zero-order valence-electron chi connectivity index (χ0n) is 9.92. The summed E-state index contributed by atoms with van der Waals surface area (Å²) in [6.45, 7) is 13.9. The van der Waals surface area contributed by atoms with Gasteiger partial charge in [-0.3, -0.25) is 0 Å². The van der Waals surface area contributed by atoms with E-state index in [0.29, 0.717) is 11.5 Å². The van der Waals surface area contributed by atoms with Crippen molar-refractivity contribution in [3.05, 3.63) is 0 Å². The number of ether oxygens (including phenoxy) is 1. The van der Waals surface area contributed by atoms with Gasteiger partial charge in [-0.25, -0.2) is 0 Å². The van der Waals surface area contributed by atoms with Gasteiger partial charge in [-0.1, -0.05) is 13.8 Å². The minimum atomic E-state index is 0.519. The zero-order valence-corrected chi connectivity index (χ0v) is 9.92. The van der Waals surface area contributed by atoms with Gasteiger partial charge in [0, 0.05) is 24.5 Å². The molecule has 0 saturated carbocycles. The predicted octanol–water partition coefficient (Wildman–Crippen LogP) is 2.00. The maximum atomic E-state index is 5.43. The van der Waals surface area contributed by atoms with Gasteiger partial charge in [0.05, 0.1) is 13.2 Å². The fraction of sp³-hybridized carbons (Fsp3) is 1.00. The topological polar surface area (TPSA) is 12.5 Å². The first-order valence-electron chi connectivity index (χ1n) is 5.88. The van der Waals surface area contributed by atoms with Gasteiger partial charge in [0.25, 0.3) is 0 Å². The van der Waals surface area contributed by atoms with Gasteiger partial charge in [-0.05, 0) is 25.7 Å². The van der Waals surface area contributed by atoms with Crippen LogP contribution in [0.4, 0.5) is 0 Å². The molecule has 0 aliphatic carbocycles. The van der Waals surface area contributed by atoms with E-state index in [2.05, 4.69) is 32.6 Å². The van der Waals surface area contributed by atoms with E-state index in [0.717, 1.165) is 25.0 Å². The van der Waals surface area contributed by atoms with E-state index in [4.69, 9.17) is 4.74 Å². The smallest absolute Gasteiger partial charge is 0.0550 e.